The highest BCUT2D eigenvalue weighted by atomic mass is 32.2. The van der Waals surface area contributed by atoms with Gasteiger partial charge < -0.3 is 0 Å². The Morgan fingerprint density at radius 1 is 1.30 bits per heavy atom. The van der Waals surface area contributed by atoms with Crippen LogP contribution in [0.4, 0.5) is 4.39 Å². The van der Waals surface area contributed by atoms with Gasteiger partial charge >= 0.3 is 0 Å². The molecule has 1 atom stereocenters. The van der Waals surface area contributed by atoms with E-state index in [0.717, 1.165) is 17.3 Å². The van der Waals surface area contributed by atoms with E-state index < -0.39 is 5.92 Å². The van der Waals surface area contributed by atoms with Crippen molar-refractivity contribution in [3.05, 3.63) is 57.1 Å². The molecule has 1 aliphatic rings. The number of hydrogen-bond donors (Lipinski definition) is 1. The van der Waals surface area contributed by atoms with Crippen molar-refractivity contribution in [2.45, 2.75) is 5.92 Å². The number of hydrogen-bond acceptors (Lipinski definition) is 5. The number of allylic oxidation sites excluding steroid dienone is 1. The first kappa shape index (κ1) is 13.2. The average molecular weight is 304 g/mol. The highest BCUT2D eigenvalue weighted by Crippen LogP contribution is 2.41. The van der Waals surface area contributed by atoms with Crippen molar-refractivity contribution < 1.29 is 9.18 Å². The van der Waals surface area contributed by atoms with Crippen molar-refractivity contribution in [3.8, 4) is 0 Å². The van der Waals surface area contributed by atoms with E-state index in [0.29, 0.717) is 15.0 Å². The van der Waals surface area contributed by atoms with Gasteiger partial charge in [0.1, 0.15) is 16.7 Å². The molecule has 2 heterocycles. The SMILES string of the molecule is N=C1S/C(=C\c2ccc(F)cc2)C(=O)[C@H]1c1nccs1. The molecule has 1 saturated heterocycles. The van der Waals surface area contributed by atoms with Crippen LogP contribution in [0, 0.1) is 11.2 Å². The quantitative estimate of drug-likeness (QED) is 0.861. The molecule has 2 aromatic rings. The summed E-state index contributed by atoms with van der Waals surface area (Å²) < 4.78 is 12.9. The van der Waals surface area contributed by atoms with Gasteiger partial charge in [-0.2, -0.15) is 0 Å². The minimum Gasteiger partial charge on any atom is -0.297 e. The number of halogens is 1. The third-order valence-corrected chi connectivity index (χ3v) is 4.69. The first-order valence-corrected chi connectivity index (χ1v) is 7.52. The molecule has 1 fully saturated rings. The molecule has 0 saturated carbocycles. The van der Waals surface area contributed by atoms with Crippen molar-refractivity contribution in [2.75, 3.05) is 0 Å². The molecule has 1 aliphatic heterocycles. The number of thioether (sulfide) groups is 1. The van der Waals surface area contributed by atoms with E-state index >= 15 is 0 Å². The predicted octanol–water partition coefficient (Wildman–Crippen LogP) is 3.70. The van der Waals surface area contributed by atoms with E-state index in [-0.39, 0.29) is 11.6 Å². The summed E-state index contributed by atoms with van der Waals surface area (Å²) in [5, 5.41) is 10.7. The van der Waals surface area contributed by atoms with Crippen molar-refractivity contribution in [3.63, 3.8) is 0 Å². The minimum atomic E-state index is -0.577. The first-order chi connectivity index (χ1) is 9.65. The molecule has 1 aromatic heterocycles. The molecule has 0 unspecified atom stereocenters. The van der Waals surface area contributed by atoms with Crippen LogP contribution in [0.15, 0.2) is 40.7 Å². The van der Waals surface area contributed by atoms with Gasteiger partial charge in [0, 0.05) is 11.6 Å². The van der Waals surface area contributed by atoms with Crippen molar-refractivity contribution in [1.29, 1.82) is 5.41 Å². The van der Waals surface area contributed by atoms with Crippen LogP contribution >= 0.6 is 23.1 Å². The molecule has 6 heteroatoms. The second-order valence-corrected chi connectivity index (χ2v) is 6.20. The Morgan fingerprint density at radius 2 is 2.05 bits per heavy atom. The predicted molar refractivity (Wildman–Crippen MR) is 79.6 cm³/mol. The van der Waals surface area contributed by atoms with E-state index in [2.05, 4.69) is 4.98 Å². The highest BCUT2D eigenvalue weighted by Gasteiger charge is 2.38. The summed E-state index contributed by atoms with van der Waals surface area (Å²) in [6.07, 6.45) is 3.32. The topological polar surface area (TPSA) is 53.8 Å². The summed E-state index contributed by atoms with van der Waals surface area (Å²) in [6.45, 7) is 0. The van der Waals surface area contributed by atoms with Crippen LogP contribution in [0.2, 0.25) is 0 Å². The van der Waals surface area contributed by atoms with Gasteiger partial charge in [0.25, 0.3) is 0 Å². The lowest BCUT2D eigenvalue weighted by molar-refractivity contribution is -0.114. The summed E-state index contributed by atoms with van der Waals surface area (Å²) in [6, 6.07) is 5.91. The molecule has 0 bridgehead atoms. The van der Waals surface area contributed by atoms with Crippen LogP contribution < -0.4 is 0 Å². The Labute approximate surface area is 123 Å². The lowest BCUT2D eigenvalue weighted by atomic mass is 10.1. The third kappa shape index (κ3) is 2.44. The normalized spacial score (nSPS) is 20.9. The fourth-order valence-electron chi connectivity index (χ4n) is 1.90. The molecular formula is C14H9FN2OS2. The maximum atomic E-state index is 12.9. The van der Waals surface area contributed by atoms with Crippen LogP contribution in [0.1, 0.15) is 16.5 Å². The van der Waals surface area contributed by atoms with Crippen LogP contribution in [0.25, 0.3) is 6.08 Å². The van der Waals surface area contributed by atoms with E-state index in [1.165, 1.54) is 23.5 Å². The number of rotatable bonds is 2. The van der Waals surface area contributed by atoms with Gasteiger partial charge in [-0.1, -0.05) is 23.9 Å². The standard InChI is InChI=1S/C14H9FN2OS2/c15-9-3-1-8(2-4-9)7-10-12(18)11(13(16)20-10)14-17-5-6-19-14/h1-7,11,16H/b10-7-,16-13?/t11-/m1/s1. The molecule has 20 heavy (non-hydrogen) atoms. The fourth-order valence-corrected chi connectivity index (χ4v) is 3.71. The smallest absolute Gasteiger partial charge is 0.186 e. The number of ketones is 1. The highest BCUT2D eigenvalue weighted by molar-refractivity contribution is 8.19. The Balaban J connectivity index is 1.91. The number of carbonyl (C=O) groups is 1. The van der Waals surface area contributed by atoms with Crippen LogP contribution in [-0.2, 0) is 4.79 Å². The number of carbonyl (C=O) groups excluding carboxylic acids is 1. The summed E-state index contributed by atoms with van der Waals surface area (Å²) in [7, 11) is 0. The van der Waals surface area contributed by atoms with E-state index in [1.807, 2.05) is 0 Å². The summed E-state index contributed by atoms with van der Waals surface area (Å²) in [4.78, 5) is 17.0. The van der Waals surface area contributed by atoms with E-state index in [9.17, 15) is 9.18 Å². The van der Waals surface area contributed by atoms with Gasteiger partial charge in [0.05, 0.1) is 9.95 Å². The summed E-state index contributed by atoms with van der Waals surface area (Å²) in [5.74, 6) is -1.00. The maximum absolute atomic E-state index is 12.9. The fraction of sp³-hybridized carbons (Fsp3) is 0.0714. The molecule has 0 aliphatic carbocycles. The molecule has 3 nitrogen and oxygen atoms in total. The number of Topliss-reactive ketones (excluding diaryl/α,β-unsaturated/α-hetero) is 1. The minimum absolute atomic E-state index is 0.112. The summed E-state index contributed by atoms with van der Waals surface area (Å²) >= 11 is 2.52. The number of benzene rings is 1. The number of thiazole rings is 1. The molecule has 1 aromatic carbocycles. The summed E-state index contributed by atoms with van der Waals surface area (Å²) in [5.41, 5.74) is 0.745. The lowest BCUT2D eigenvalue weighted by Crippen LogP contribution is -2.11. The van der Waals surface area contributed by atoms with E-state index in [4.69, 9.17) is 5.41 Å². The number of nitrogens with one attached hydrogen (secondary N) is 1. The second-order valence-electron chi connectivity index (χ2n) is 4.19. The van der Waals surface area contributed by atoms with Crippen molar-refractivity contribution in [2.24, 2.45) is 0 Å². The van der Waals surface area contributed by atoms with Crippen molar-refractivity contribution in [1.82, 2.24) is 4.98 Å². The maximum Gasteiger partial charge on any atom is 0.186 e. The Morgan fingerprint density at radius 3 is 2.70 bits per heavy atom. The zero-order valence-corrected chi connectivity index (χ0v) is 11.8. The largest absolute Gasteiger partial charge is 0.297 e. The van der Waals surface area contributed by atoms with Crippen LogP contribution in [0.3, 0.4) is 0 Å². The first-order valence-electron chi connectivity index (χ1n) is 5.82. The third-order valence-electron chi connectivity index (χ3n) is 2.85. The average Bonchev–Trinajstić information content (AvgIpc) is 3.02. The zero-order chi connectivity index (χ0) is 14.1. The van der Waals surface area contributed by atoms with Gasteiger partial charge in [0.15, 0.2) is 5.78 Å². The molecule has 1 N–H and O–H groups in total. The van der Waals surface area contributed by atoms with Crippen molar-refractivity contribution >= 4 is 40.0 Å². The van der Waals surface area contributed by atoms with Crippen LogP contribution in [0.5, 0.6) is 0 Å². The molecule has 0 spiro atoms. The molecular weight excluding hydrogens is 295 g/mol. The number of aromatic nitrogens is 1. The molecule has 100 valence electrons. The molecule has 0 radical (unpaired) electrons. The van der Waals surface area contributed by atoms with Gasteiger partial charge in [-0.3, -0.25) is 10.2 Å². The lowest BCUT2D eigenvalue weighted by Gasteiger charge is -2.01. The van der Waals surface area contributed by atoms with E-state index in [1.54, 1.807) is 29.8 Å². The Bertz CT molecular complexity index is 692. The van der Waals surface area contributed by atoms with Gasteiger partial charge in [-0.25, -0.2) is 9.37 Å². The zero-order valence-electron chi connectivity index (χ0n) is 10.2. The van der Waals surface area contributed by atoms with Gasteiger partial charge in [-0.15, -0.1) is 11.3 Å². The monoisotopic (exact) mass is 304 g/mol. The Kier molecular flexibility index (Phi) is 3.50. The van der Waals surface area contributed by atoms with Crippen LogP contribution in [-0.4, -0.2) is 15.8 Å². The van der Waals surface area contributed by atoms with Gasteiger partial charge in [-0.05, 0) is 23.8 Å². The van der Waals surface area contributed by atoms with Gasteiger partial charge in [0.2, 0.25) is 0 Å². The second kappa shape index (κ2) is 5.30. The molecule has 3 rings (SSSR count). The Hall–Kier alpha value is -1.79. The molecule has 0 amide bonds. The number of nitrogens with zero attached hydrogens (tertiary/aromatic N) is 1.